The van der Waals surface area contributed by atoms with Gasteiger partial charge in [-0.2, -0.15) is 5.10 Å². The largest absolute Gasteiger partial charge is 0.367 e. The van der Waals surface area contributed by atoms with Crippen molar-refractivity contribution in [3.05, 3.63) is 24.4 Å². The van der Waals surface area contributed by atoms with Gasteiger partial charge in [-0.25, -0.2) is 0 Å². The fraction of sp³-hybridized carbons (Fsp3) is 0.375. The molecule has 0 aromatic carbocycles. The van der Waals surface area contributed by atoms with Gasteiger partial charge in [0.15, 0.2) is 0 Å². The highest BCUT2D eigenvalue weighted by Crippen LogP contribution is 2.01. The maximum absolute atomic E-state index is 5.29. The summed E-state index contributed by atoms with van der Waals surface area (Å²) in [5.41, 5.74) is 5.29. The van der Waals surface area contributed by atoms with Gasteiger partial charge >= 0.3 is 0 Å². The van der Waals surface area contributed by atoms with Crippen LogP contribution in [0.25, 0.3) is 0 Å². The summed E-state index contributed by atoms with van der Waals surface area (Å²) in [6.07, 6.45) is 5.67. The molecule has 0 spiro atoms. The highest BCUT2D eigenvalue weighted by atomic mass is 15.3. The van der Waals surface area contributed by atoms with Crippen LogP contribution in [0.4, 0.5) is 5.82 Å². The molecule has 0 atom stereocenters. The highest BCUT2D eigenvalue weighted by molar-refractivity contribution is 5.34. The minimum atomic E-state index is 0.590. The normalized spacial score (nSPS) is 10.8. The molecule has 66 valence electrons. The molecule has 0 aliphatic carbocycles. The number of anilines is 1. The first kappa shape index (κ1) is 8.80. The van der Waals surface area contributed by atoms with Crippen molar-refractivity contribution in [3.8, 4) is 0 Å². The molecule has 1 aromatic rings. The molecule has 3 N–H and O–H groups in total. The van der Waals surface area contributed by atoms with Crippen LogP contribution in [0.2, 0.25) is 0 Å². The van der Waals surface area contributed by atoms with Gasteiger partial charge in [0.2, 0.25) is 0 Å². The average molecular weight is 166 g/mol. The van der Waals surface area contributed by atoms with E-state index >= 15 is 0 Å². The molecule has 12 heavy (non-hydrogen) atoms. The predicted molar refractivity (Wildman–Crippen MR) is 49.9 cm³/mol. The van der Waals surface area contributed by atoms with Crippen LogP contribution >= 0.6 is 0 Å². The lowest BCUT2D eigenvalue weighted by Gasteiger charge is -2.01. The topological polar surface area (TPSA) is 55.9 Å². The first-order valence-corrected chi connectivity index (χ1v) is 3.91. The maximum Gasteiger partial charge on any atom is 0.124 e. The molecule has 0 amide bonds. The third kappa shape index (κ3) is 2.39. The van der Waals surface area contributed by atoms with E-state index in [0.717, 1.165) is 12.4 Å². The Balaban J connectivity index is 2.33. The Hall–Kier alpha value is -1.29. The zero-order valence-corrected chi connectivity index (χ0v) is 7.20. The van der Waals surface area contributed by atoms with Gasteiger partial charge in [-0.15, -0.1) is 0 Å². The molecular formula is C8H14N4. The lowest BCUT2D eigenvalue weighted by atomic mass is 10.5. The summed E-state index contributed by atoms with van der Waals surface area (Å²) in [5.74, 6) is 1.01. The Morgan fingerprint density at radius 3 is 3.08 bits per heavy atom. The van der Waals surface area contributed by atoms with Crippen LogP contribution in [0.1, 0.15) is 0 Å². The SMILES string of the molecule is Cn1nccc1NC/C=C/CN. The quantitative estimate of drug-likeness (QED) is 0.634. The monoisotopic (exact) mass is 166 g/mol. The fourth-order valence-corrected chi connectivity index (χ4v) is 0.890. The molecule has 0 radical (unpaired) electrons. The van der Waals surface area contributed by atoms with E-state index in [0.29, 0.717) is 6.54 Å². The maximum atomic E-state index is 5.29. The minimum absolute atomic E-state index is 0.590. The van der Waals surface area contributed by atoms with Gasteiger partial charge in [0.05, 0.1) is 6.20 Å². The van der Waals surface area contributed by atoms with Crippen molar-refractivity contribution in [1.82, 2.24) is 9.78 Å². The summed E-state index contributed by atoms with van der Waals surface area (Å²) in [6.45, 7) is 1.38. The standard InChI is InChI=1S/C8H14N4/c1-12-8(4-7-11-12)10-6-3-2-5-9/h2-4,7,10H,5-6,9H2,1H3/b3-2+. The van der Waals surface area contributed by atoms with Crippen molar-refractivity contribution in [2.75, 3.05) is 18.4 Å². The number of aromatic nitrogens is 2. The average Bonchev–Trinajstić information content (AvgIpc) is 2.46. The number of hydrogen-bond acceptors (Lipinski definition) is 3. The molecular weight excluding hydrogens is 152 g/mol. The van der Waals surface area contributed by atoms with Crippen molar-refractivity contribution >= 4 is 5.82 Å². The van der Waals surface area contributed by atoms with Crippen LogP contribution in [-0.4, -0.2) is 22.9 Å². The van der Waals surface area contributed by atoms with Gasteiger partial charge in [-0.1, -0.05) is 12.2 Å². The molecule has 0 bridgehead atoms. The van der Waals surface area contributed by atoms with Crippen molar-refractivity contribution in [1.29, 1.82) is 0 Å². The zero-order chi connectivity index (χ0) is 8.81. The Labute approximate surface area is 72.1 Å². The summed E-state index contributed by atoms with van der Waals surface area (Å²) >= 11 is 0. The lowest BCUT2D eigenvalue weighted by molar-refractivity contribution is 0.772. The second kappa shape index (κ2) is 4.56. The third-order valence-electron chi connectivity index (χ3n) is 1.52. The first-order chi connectivity index (χ1) is 5.84. The minimum Gasteiger partial charge on any atom is -0.367 e. The van der Waals surface area contributed by atoms with E-state index in [4.69, 9.17) is 5.73 Å². The van der Waals surface area contributed by atoms with E-state index in [9.17, 15) is 0 Å². The lowest BCUT2D eigenvalue weighted by Crippen LogP contribution is -2.04. The number of hydrogen-bond donors (Lipinski definition) is 2. The first-order valence-electron chi connectivity index (χ1n) is 3.91. The number of rotatable bonds is 4. The summed E-state index contributed by atoms with van der Waals surface area (Å²) < 4.78 is 1.79. The molecule has 1 rings (SSSR count). The number of nitrogens with zero attached hydrogens (tertiary/aromatic N) is 2. The Morgan fingerprint density at radius 2 is 2.50 bits per heavy atom. The van der Waals surface area contributed by atoms with Gasteiger partial charge in [0.25, 0.3) is 0 Å². The molecule has 0 fully saturated rings. The van der Waals surface area contributed by atoms with E-state index < -0.39 is 0 Å². The van der Waals surface area contributed by atoms with E-state index in [1.165, 1.54) is 0 Å². The molecule has 1 heterocycles. The fourth-order valence-electron chi connectivity index (χ4n) is 0.890. The summed E-state index contributed by atoms with van der Waals surface area (Å²) in [6, 6.07) is 1.93. The number of aryl methyl sites for hydroxylation is 1. The van der Waals surface area contributed by atoms with Gasteiger partial charge in [-0.3, -0.25) is 4.68 Å². The Kier molecular flexibility index (Phi) is 3.35. The second-order valence-corrected chi connectivity index (χ2v) is 2.43. The van der Waals surface area contributed by atoms with Gasteiger partial charge in [-0.05, 0) is 0 Å². The molecule has 0 unspecified atom stereocenters. The highest BCUT2D eigenvalue weighted by Gasteiger charge is 1.92. The van der Waals surface area contributed by atoms with Crippen LogP contribution in [0.15, 0.2) is 24.4 Å². The van der Waals surface area contributed by atoms with E-state index in [-0.39, 0.29) is 0 Å². The van der Waals surface area contributed by atoms with Crippen molar-refractivity contribution in [3.63, 3.8) is 0 Å². The van der Waals surface area contributed by atoms with Crippen LogP contribution in [0.3, 0.4) is 0 Å². The molecule has 0 saturated carbocycles. The summed E-state index contributed by atoms with van der Waals surface area (Å²) in [4.78, 5) is 0. The van der Waals surface area contributed by atoms with Gasteiger partial charge < -0.3 is 11.1 Å². The van der Waals surface area contributed by atoms with Gasteiger partial charge in [0.1, 0.15) is 5.82 Å². The molecule has 4 heteroatoms. The van der Waals surface area contributed by atoms with Crippen molar-refractivity contribution in [2.24, 2.45) is 12.8 Å². The number of nitrogens with one attached hydrogen (secondary N) is 1. The molecule has 1 aromatic heterocycles. The van der Waals surface area contributed by atoms with Crippen LogP contribution in [0, 0.1) is 0 Å². The predicted octanol–water partition coefficient (Wildman–Crippen LogP) is 0.347. The Bertz CT molecular complexity index is 251. The van der Waals surface area contributed by atoms with Crippen LogP contribution < -0.4 is 11.1 Å². The molecule has 0 aliphatic rings. The van der Waals surface area contributed by atoms with Crippen molar-refractivity contribution < 1.29 is 0 Å². The second-order valence-electron chi connectivity index (χ2n) is 2.43. The smallest absolute Gasteiger partial charge is 0.124 e. The van der Waals surface area contributed by atoms with E-state index in [1.54, 1.807) is 10.9 Å². The molecule has 4 nitrogen and oxygen atoms in total. The zero-order valence-electron chi connectivity index (χ0n) is 7.20. The van der Waals surface area contributed by atoms with Crippen LogP contribution in [0.5, 0.6) is 0 Å². The van der Waals surface area contributed by atoms with E-state index in [2.05, 4.69) is 10.4 Å². The Morgan fingerprint density at radius 1 is 1.67 bits per heavy atom. The third-order valence-corrected chi connectivity index (χ3v) is 1.52. The van der Waals surface area contributed by atoms with Crippen LogP contribution in [-0.2, 0) is 7.05 Å². The molecule has 0 saturated heterocycles. The summed E-state index contributed by atoms with van der Waals surface area (Å²) in [5, 5.41) is 7.21. The molecule has 0 aliphatic heterocycles. The van der Waals surface area contributed by atoms with E-state index in [1.807, 2.05) is 25.3 Å². The number of nitrogens with two attached hydrogens (primary N) is 1. The van der Waals surface area contributed by atoms with Crippen molar-refractivity contribution in [2.45, 2.75) is 0 Å². The summed E-state index contributed by atoms with van der Waals surface area (Å²) in [7, 11) is 1.90. The van der Waals surface area contributed by atoms with Gasteiger partial charge in [0, 0.05) is 26.2 Å².